The highest BCUT2D eigenvalue weighted by Gasteiger charge is 2.45. The molecule has 2 aromatic carbocycles. The van der Waals surface area contributed by atoms with Gasteiger partial charge in [0.05, 0.1) is 6.61 Å². The molecule has 3 fully saturated rings. The summed E-state index contributed by atoms with van der Waals surface area (Å²) in [5.41, 5.74) is 1.92. The van der Waals surface area contributed by atoms with Crippen LogP contribution in [0.15, 0.2) is 35.2 Å². The van der Waals surface area contributed by atoms with Crippen LogP contribution in [0.4, 0.5) is 10.1 Å². The van der Waals surface area contributed by atoms with Crippen LogP contribution in [0, 0.1) is 17.7 Å². The predicted molar refractivity (Wildman–Crippen MR) is 123 cm³/mol. The van der Waals surface area contributed by atoms with Gasteiger partial charge in [0.1, 0.15) is 34.2 Å². The number of anilines is 1. The topological polar surface area (TPSA) is 84.9 Å². The Labute approximate surface area is 195 Å². The minimum atomic E-state index is -1.73. The predicted octanol–water partition coefficient (Wildman–Crippen LogP) is 4.18. The summed E-state index contributed by atoms with van der Waals surface area (Å²) in [4.78, 5) is 15.1. The average Bonchev–Trinajstić information content (AvgIpc) is 3.30. The Morgan fingerprint density at radius 2 is 2.18 bits per heavy atom. The Morgan fingerprint density at radius 1 is 1.30 bits per heavy atom. The zero-order valence-electron chi connectivity index (χ0n) is 18.3. The number of ether oxygens (including phenoxy) is 1. The Kier molecular flexibility index (Phi) is 5.27. The lowest BCUT2D eigenvalue weighted by Gasteiger charge is -2.22. The van der Waals surface area contributed by atoms with Crippen LogP contribution in [0.2, 0.25) is 0 Å². The van der Waals surface area contributed by atoms with Crippen LogP contribution in [0.5, 0.6) is 5.75 Å². The Balaban J connectivity index is 1.26. The first-order valence-electron chi connectivity index (χ1n) is 11.7. The molecule has 0 bridgehead atoms. The molecule has 5 atom stereocenters. The first kappa shape index (κ1) is 21.3. The van der Waals surface area contributed by atoms with Crippen LogP contribution in [-0.2, 0) is 17.8 Å². The number of aromatic carboxylic acids is 1. The fraction of sp³-hybridized carbons (Fsp3) is 0.480. The molecule has 0 aromatic heterocycles. The maximum Gasteiger partial charge on any atom is 0.341 e. The van der Waals surface area contributed by atoms with Gasteiger partial charge in [-0.05, 0) is 80.3 Å². The van der Waals surface area contributed by atoms with E-state index in [0.29, 0.717) is 47.5 Å². The van der Waals surface area contributed by atoms with E-state index in [2.05, 4.69) is 9.62 Å². The molecule has 3 heterocycles. The summed E-state index contributed by atoms with van der Waals surface area (Å²) in [5, 5.41) is 9.89. The molecule has 2 aromatic rings. The van der Waals surface area contributed by atoms with Gasteiger partial charge in [0.25, 0.3) is 0 Å². The minimum Gasteiger partial charge on any atom is -0.588 e. The molecular weight excluding hydrogens is 443 g/mol. The standard InChI is InChI=1S/C25H27FN2O4S/c26-17-3-6-22(15(10-17)8-14-9-18-2-1-7-28(18)12-14)33(31)27-21-5-4-19-20-11-16(20)13-32-24(19)23(21)25(29)30/h3-6,10,14,16,18,20,27H,1-2,7-9,11-13H2,(H,29,30)/t14?,16-,18?,20-,33?/m0/s1. The van der Waals surface area contributed by atoms with E-state index in [-0.39, 0.29) is 17.1 Å². The number of nitrogens with one attached hydrogen (secondary N) is 1. The third-order valence-electron chi connectivity index (χ3n) is 7.70. The van der Waals surface area contributed by atoms with E-state index in [4.69, 9.17) is 4.74 Å². The van der Waals surface area contributed by atoms with Gasteiger partial charge in [-0.15, -0.1) is 0 Å². The summed E-state index contributed by atoms with van der Waals surface area (Å²) in [6, 6.07) is 8.51. The molecule has 0 radical (unpaired) electrons. The third-order valence-corrected chi connectivity index (χ3v) is 8.90. The van der Waals surface area contributed by atoms with Gasteiger partial charge >= 0.3 is 5.97 Å². The average molecular weight is 471 g/mol. The SMILES string of the molecule is O=C(O)c1c(N[S+]([O-])c2ccc(F)cc2CC2CC3CCCN3C2)ccc2c1OC[C@@H]1C[C@H]21. The van der Waals surface area contributed by atoms with E-state index in [1.54, 1.807) is 12.1 Å². The highest BCUT2D eigenvalue weighted by atomic mass is 32.2. The van der Waals surface area contributed by atoms with Crippen molar-refractivity contribution in [2.45, 2.75) is 49.0 Å². The molecule has 0 amide bonds. The molecule has 3 aliphatic heterocycles. The van der Waals surface area contributed by atoms with Crippen LogP contribution < -0.4 is 9.46 Å². The molecule has 6 rings (SSSR count). The number of carboxylic acids is 1. The molecule has 174 valence electrons. The number of fused-ring (bicyclic) bond motifs is 4. The van der Waals surface area contributed by atoms with Crippen molar-refractivity contribution in [3.63, 3.8) is 0 Å². The van der Waals surface area contributed by atoms with Crippen molar-refractivity contribution in [1.29, 1.82) is 0 Å². The van der Waals surface area contributed by atoms with Gasteiger partial charge in [-0.3, -0.25) is 0 Å². The zero-order chi connectivity index (χ0) is 22.7. The molecular formula is C25H27FN2O4S. The lowest BCUT2D eigenvalue weighted by Crippen LogP contribution is -2.23. The van der Waals surface area contributed by atoms with Crippen LogP contribution in [0.25, 0.3) is 0 Å². The largest absolute Gasteiger partial charge is 0.588 e. The summed E-state index contributed by atoms with van der Waals surface area (Å²) < 4.78 is 36.2. The number of hydrogen-bond donors (Lipinski definition) is 2. The Bertz CT molecular complexity index is 1100. The van der Waals surface area contributed by atoms with E-state index in [1.165, 1.54) is 25.0 Å². The summed E-state index contributed by atoms with van der Waals surface area (Å²) in [6.07, 6.45) is 5.23. The van der Waals surface area contributed by atoms with Crippen molar-refractivity contribution in [1.82, 2.24) is 4.90 Å². The highest BCUT2D eigenvalue weighted by molar-refractivity contribution is 7.92. The van der Waals surface area contributed by atoms with Crippen molar-refractivity contribution in [3.8, 4) is 5.75 Å². The molecule has 1 saturated carbocycles. The number of carboxylic acid groups (broad SMARTS) is 1. The maximum atomic E-state index is 14.1. The van der Waals surface area contributed by atoms with Gasteiger partial charge in [-0.1, -0.05) is 6.07 Å². The van der Waals surface area contributed by atoms with Gasteiger partial charge in [0, 0.05) is 24.1 Å². The highest BCUT2D eigenvalue weighted by Crippen LogP contribution is 2.55. The van der Waals surface area contributed by atoms with Crippen molar-refractivity contribution in [2.24, 2.45) is 11.8 Å². The van der Waals surface area contributed by atoms with Gasteiger partial charge in [-0.2, -0.15) is 0 Å². The first-order valence-corrected chi connectivity index (χ1v) is 12.9. The van der Waals surface area contributed by atoms with Crippen molar-refractivity contribution in [3.05, 3.63) is 52.8 Å². The quantitative estimate of drug-likeness (QED) is 0.616. The summed E-state index contributed by atoms with van der Waals surface area (Å²) in [6.45, 7) is 2.64. The molecule has 2 N–H and O–H groups in total. The van der Waals surface area contributed by atoms with Gasteiger partial charge in [0.15, 0.2) is 4.90 Å². The number of benzene rings is 2. The van der Waals surface area contributed by atoms with Crippen LogP contribution in [0.3, 0.4) is 0 Å². The molecule has 3 unspecified atom stereocenters. The molecule has 4 aliphatic rings. The lowest BCUT2D eigenvalue weighted by molar-refractivity contribution is 0.0692. The number of hydrogen-bond acceptors (Lipinski definition) is 5. The second-order valence-electron chi connectivity index (χ2n) is 9.84. The molecule has 1 aliphatic carbocycles. The zero-order valence-corrected chi connectivity index (χ0v) is 19.1. The fourth-order valence-corrected chi connectivity index (χ4v) is 7.09. The van der Waals surface area contributed by atoms with Crippen LogP contribution in [-0.4, -0.2) is 46.3 Å². The smallest absolute Gasteiger partial charge is 0.341 e. The lowest BCUT2D eigenvalue weighted by atomic mass is 9.95. The Morgan fingerprint density at radius 3 is 3.00 bits per heavy atom. The minimum absolute atomic E-state index is 0.0197. The monoisotopic (exact) mass is 470 g/mol. The van der Waals surface area contributed by atoms with Crippen molar-refractivity contribution < 1.29 is 23.6 Å². The van der Waals surface area contributed by atoms with Crippen molar-refractivity contribution >= 4 is 23.0 Å². The number of halogens is 1. The van der Waals surface area contributed by atoms with Crippen molar-refractivity contribution in [2.75, 3.05) is 24.4 Å². The Hall–Kier alpha value is -2.29. The number of carbonyl (C=O) groups is 1. The van der Waals surface area contributed by atoms with E-state index >= 15 is 0 Å². The second-order valence-corrected chi connectivity index (χ2v) is 11.0. The number of nitrogens with zero attached hydrogens (tertiary/aromatic N) is 1. The van der Waals surface area contributed by atoms with Gasteiger partial charge in [0.2, 0.25) is 0 Å². The van der Waals surface area contributed by atoms with Gasteiger partial charge in [-0.25, -0.2) is 13.9 Å². The molecule has 8 heteroatoms. The molecule has 2 saturated heterocycles. The van der Waals surface area contributed by atoms with E-state index in [9.17, 15) is 18.8 Å². The first-order chi connectivity index (χ1) is 16.0. The molecule has 33 heavy (non-hydrogen) atoms. The normalized spacial score (nSPS) is 28.4. The summed E-state index contributed by atoms with van der Waals surface area (Å²) >= 11 is -1.73. The summed E-state index contributed by atoms with van der Waals surface area (Å²) in [5.74, 6) is 0.158. The molecule has 0 spiro atoms. The summed E-state index contributed by atoms with van der Waals surface area (Å²) in [7, 11) is 0. The van der Waals surface area contributed by atoms with E-state index < -0.39 is 17.3 Å². The van der Waals surface area contributed by atoms with E-state index in [1.807, 2.05) is 6.07 Å². The van der Waals surface area contributed by atoms with Crippen LogP contribution in [0.1, 0.15) is 53.1 Å². The van der Waals surface area contributed by atoms with Gasteiger partial charge < -0.3 is 19.3 Å². The number of rotatable bonds is 6. The van der Waals surface area contributed by atoms with E-state index in [0.717, 1.165) is 37.1 Å². The van der Waals surface area contributed by atoms with Crippen LogP contribution >= 0.6 is 0 Å². The third kappa shape index (κ3) is 3.88. The maximum absolute atomic E-state index is 14.1. The molecule has 6 nitrogen and oxygen atoms in total. The fourth-order valence-electron chi connectivity index (χ4n) is 6.04. The second kappa shape index (κ2) is 8.18.